The van der Waals surface area contributed by atoms with Gasteiger partial charge in [-0.25, -0.2) is 4.39 Å². The molecule has 1 heterocycles. The summed E-state index contributed by atoms with van der Waals surface area (Å²) >= 11 is 5.91. The Kier molecular flexibility index (Phi) is 4.16. The number of aromatic nitrogens is 2. The maximum Gasteiger partial charge on any atom is 0.256 e. The van der Waals surface area contributed by atoms with E-state index in [1.165, 1.54) is 23.0 Å². The Morgan fingerprint density at radius 1 is 1.42 bits per heavy atom. The van der Waals surface area contributed by atoms with E-state index in [0.29, 0.717) is 23.7 Å². The van der Waals surface area contributed by atoms with Gasteiger partial charge >= 0.3 is 0 Å². The van der Waals surface area contributed by atoms with Crippen molar-refractivity contribution < 1.29 is 9.18 Å². The van der Waals surface area contributed by atoms with Gasteiger partial charge in [-0.3, -0.25) is 9.48 Å². The molecule has 4 nitrogen and oxygen atoms in total. The minimum absolute atomic E-state index is 0.264. The van der Waals surface area contributed by atoms with E-state index in [1.54, 1.807) is 19.2 Å². The van der Waals surface area contributed by atoms with E-state index in [2.05, 4.69) is 10.4 Å². The van der Waals surface area contributed by atoms with Crippen LogP contribution >= 0.6 is 11.6 Å². The summed E-state index contributed by atoms with van der Waals surface area (Å²) in [5, 5.41) is 6.95. The number of halogens is 2. The molecule has 0 unspecified atom stereocenters. The van der Waals surface area contributed by atoms with Gasteiger partial charge in [0.1, 0.15) is 11.0 Å². The average Bonchev–Trinajstić information content (AvgIpc) is 2.72. The lowest BCUT2D eigenvalue weighted by Gasteiger charge is -2.04. The largest absolute Gasteiger partial charge is 0.352 e. The van der Waals surface area contributed by atoms with Gasteiger partial charge in [0, 0.05) is 13.6 Å². The van der Waals surface area contributed by atoms with Crippen LogP contribution in [0.1, 0.15) is 15.9 Å². The van der Waals surface area contributed by atoms with E-state index in [9.17, 15) is 9.18 Å². The molecule has 2 aromatic rings. The second kappa shape index (κ2) is 5.84. The van der Waals surface area contributed by atoms with Crippen molar-refractivity contribution in [3.63, 3.8) is 0 Å². The maximum absolute atomic E-state index is 12.7. The van der Waals surface area contributed by atoms with E-state index >= 15 is 0 Å². The van der Waals surface area contributed by atoms with Crippen LogP contribution in [0.2, 0.25) is 5.15 Å². The van der Waals surface area contributed by atoms with Gasteiger partial charge in [0.2, 0.25) is 0 Å². The first-order valence-electron chi connectivity index (χ1n) is 5.78. The third-order valence-electron chi connectivity index (χ3n) is 2.72. The SMILES string of the molecule is Cn1ncc(C(=O)NCCc2ccc(F)cc2)c1Cl. The van der Waals surface area contributed by atoms with Crippen LogP contribution in [0.4, 0.5) is 4.39 Å². The first kappa shape index (κ1) is 13.5. The van der Waals surface area contributed by atoms with Gasteiger partial charge in [0.25, 0.3) is 5.91 Å². The lowest BCUT2D eigenvalue weighted by atomic mass is 10.1. The van der Waals surface area contributed by atoms with Crippen LogP contribution in [0.3, 0.4) is 0 Å². The molecule has 0 radical (unpaired) electrons. The lowest BCUT2D eigenvalue weighted by molar-refractivity contribution is 0.0954. The number of carbonyl (C=O) groups excluding carboxylic acids is 1. The summed E-state index contributed by atoms with van der Waals surface area (Å²) < 4.78 is 14.1. The number of nitrogens with one attached hydrogen (secondary N) is 1. The summed E-state index contributed by atoms with van der Waals surface area (Å²) in [7, 11) is 1.66. The van der Waals surface area contributed by atoms with E-state index in [0.717, 1.165) is 5.56 Å². The van der Waals surface area contributed by atoms with Gasteiger partial charge in [-0.2, -0.15) is 5.10 Å². The molecule has 2 rings (SSSR count). The highest BCUT2D eigenvalue weighted by molar-refractivity contribution is 6.32. The smallest absolute Gasteiger partial charge is 0.256 e. The highest BCUT2D eigenvalue weighted by Gasteiger charge is 2.13. The zero-order valence-electron chi connectivity index (χ0n) is 10.4. The van der Waals surface area contributed by atoms with Crippen LogP contribution in [0, 0.1) is 5.82 Å². The zero-order chi connectivity index (χ0) is 13.8. The molecule has 1 amide bonds. The highest BCUT2D eigenvalue weighted by Crippen LogP contribution is 2.13. The van der Waals surface area contributed by atoms with E-state index < -0.39 is 0 Å². The molecule has 0 saturated carbocycles. The molecule has 6 heteroatoms. The molecule has 1 aromatic carbocycles. The second-order valence-electron chi connectivity index (χ2n) is 4.11. The van der Waals surface area contributed by atoms with Crippen molar-refractivity contribution in [2.24, 2.45) is 7.05 Å². The molecular weight excluding hydrogens is 269 g/mol. The van der Waals surface area contributed by atoms with Gasteiger partial charge in [-0.05, 0) is 24.1 Å². The van der Waals surface area contributed by atoms with Crippen LogP contribution in [-0.4, -0.2) is 22.2 Å². The fourth-order valence-corrected chi connectivity index (χ4v) is 1.82. The van der Waals surface area contributed by atoms with Gasteiger partial charge in [0.15, 0.2) is 0 Å². The average molecular weight is 282 g/mol. The molecule has 0 atom stereocenters. The van der Waals surface area contributed by atoms with Crippen molar-refractivity contribution in [2.75, 3.05) is 6.54 Å². The fourth-order valence-electron chi connectivity index (χ4n) is 1.64. The molecule has 0 aliphatic heterocycles. The van der Waals surface area contributed by atoms with Crippen LogP contribution in [-0.2, 0) is 13.5 Å². The molecule has 0 saturated heterocycles. The summed E-state index contributed by atoms with van der Waals surface area (Å²) in [6.45, 7) is 0.454. The maximum atomic E-state index is 12.7. The molecule has 0 fully saturated rings. The topological polar surface area (TPSA) is 46.9 Å². The normalized spacial score (nSPS) is 10.5. The third-order valence-corrected chi connectivity index (χ3v) is 3.17. The van der Waals surface area contributed by atoms with Crippen molar-refractivity contribution in [1.29, 1.82) is 0 Å². The summed E-state index contributed by atoms with van der Waals surface area (Å²) in [6, 6.07) is 6.18. The standard InChI is InChI=1S/C13H13ClFN3O/c1-18-12(14)11(8-17-18)13(19)16-7-6-9-2-4-10(15)5-3-9/h2-5,8H,6-7H2,1H3,(H,16,19). The Labute approximate surface area is 115 Å². The predicted molar refractivity (Wildman–Crippen MR) is 70.7 cm³/mol. The number of nitrogens with zero attached hydrogens (tertiary/aromatic N) is 2. The van der Waals surface area contributed by atoms with Crippen molar-refractivity contribution in [1.82, 2.24) is 15.1 Å². The first-order valence-corrected chi connectivity index (χ1v) is 6.16. The van der Waals surface area contributed by atoms with Gasteiger partial charge in [0.05, 0.1) is 11.8 Å². The van der Waals surface area contributed by atoms with Crippen LogP contribution in [0.15, 0.2) is 30.5 Å². The molecule has 0 aliphatic carbocycles. The van der Waals surface area contributed by atoms with Gasteiger partial charge in [-0.1, -0.05) is 23.7 Å². The zero-order valence-corrected chi connectivity index (χ0v) is 11.1. The van der Waals surface area contributed by atoms with Gasteiger partial charge < -0.3 is 5.32 Å². The Morgan fingerprint density at radius 3 is 2.68 bits per heavy atom. The van der Waals surface area contributed by atoms with E-state index in [-0.39, 0.29) is 11.7 Å². The molecule has 0 aliphatic rings. The highest BCUT2D eigenvalue weighted by atomic mass is 35.5. The van der Waals surface area contributed by atoms with E-state index in [1.807, 2.05) is 0 Å². The Bertz CT molecular complexity index is 580. The quantitative estimate of drug-likeness (QED) is 0.934. The Hall–Kier alpha value is -1.88. The number of aryl methyl sites for hydroxylation is 1. The number of hydrogen-bond donors (Lipinski definition) is 1. The first-order chi connectivity index (χ1) is 9.08. The lowest BCUT2D eigenvalue weighted by Crippen LogP contribution is -2.25. The second-order valence-corrected chi connectivity index (χ2v) is 4.46. The minimum Gasteiger partial charge on any atom is -0.352 e. The summed E-state index contributed by atoms with van der Waals surface area (Å²) in [5.74, 6) is -0.532. The van der Waals surface area contributed by atoms with Crippen LogP contribution < -0.4 is 5.32 Å². The number of amides is 1. The molecular formula is C13H13ClFN3O. The Balaban J connectivity index is 1.87. The minimum atomic E-state index is -0.269. The van der Waals surface area contributed by atoms with Crippen LogP contribution in [0.5, 0.6) is 0 Å². The monoisotopic (exact) mass is 281 g/mol. The molecule has 1 N–H and O–H groups in total. The summed E-state index contributed by atoms with van der Waals surface area (Å²) in [4.78, 5) is 11.8. The predicted octanol–water partition coefficient (Wildman–Crippen LogP) is 2.19. The molecule has 0 spiro atoms. The molecule has 100 valence electrons. The van der Waals surface area contributed by atoms with Crippen molar-refractivity contribution >= 4 is 17.5 Å². The molecule has 1 aromatic heterocycles. The number of rotatable bonds is 4. The number of carbonyl (C=O) groups is 1. The summed E-state index contributed by atoms with van der Waals surface area (Å²) in [5.41, 5.74) is 1.31. The third kappa shape index (κ3) is 3.32. The number of hydrogen-bond acceptors (Lipinski definition) is 2. The van der Waals surface area contributed by atoms with Crippen molar-refractivity contribution in [2.45, 2.75) is 6.42 Å². The molecule has 0 bridgehead atoms. The fraction of sp³-hybridized carbons (Fsp3) is 0.231. The van der Waals surface area contributed by atoms with Gasteiger partial charge in [-0.15, -0.1) is 0 Å². The van der Waals surface area contributed by atoms with Crippen LogP contribution in [0.25, 0.3) is 0 Å². The summed E-state index contributed by atoms with van der Waals surface area (Å²) in [6.07, 6.45) is 2.06. The van der Waals surface area contributed by atoms with E-state index in [4.69, 9.17) is 11.6 Å². The van der Waals surface area contributed by atoms with Crippen molar-refractivity contribution in [3.8, 4) is 0 Å². The number of benzene rings is 1. The van der Waals surface area contributed by atoms with Crippen molar-refractivity contribution in [3.05, 3.63) is 52.6 Å². The molecule has 19 heavy (non-hydrogen) atoms. The Morgan fingerprint density at radius 2 is 2.11 bits per heavy atom.